The number of methoxy groups -OCH3 is 1. The Labute approximate surface area is 125 Å². The van der Waals surface area contributed by atoms with Gasteiger partial charge in [0.1, 0.15) is 18.1 Å². The van der Waals surface area contributed by atoms with Gasteiger partial charge in [0.2, 0.25) is 0 Å². The van der Waals surface area contributed by atoms with E-state index in [2.05, 4.69) is 20.5 Å². The lowest BCUT2D eigenvalue weighted by Crippen LogP contribution is -2.35. The Bertz CT molecular complexity index is 601. The van der Waals surface area contributed by atoms with Gasteiger partial charge in [0.05, 0.1) is 13.2 Å². The Morgan fingerprint density at radius 3 is 2.86 bits per heavy atom. The Balaban J connectivity index is 2.08. The van der Waals surface area contributed by atoms with E-state index in [0.29, 0.717) is 12.2 Å². The summed E-state index contributed by atoms with van der Waals surface area (Å²) in [5.74, 6) is -3.51. The van der Waals surface area contributed by atoms with Crippen LogP contribution in [0.25, 0.3) is 6.08 Å². The van der Waals surface area contributed by atoms with Crippen LogP contribution in [-0.2, 0) is 17.2 Å². The summed E-state index contributed by atoms with van der Waals surface area (Å²) in [6.07, 6.45) is 3.91. The number of rotatable bonds is 7. The van der Waals surface area contributed by atoms with E-state index in [0.717, 1.165) is 11.0 Å². The Kier molecular flexibility index (Phi) is 5.23. The fourth-order valence-electron chi connectivity index (χ4n) is 1.71. The zero-order valence-corrected chi connectivity index (χ0v) is 11.8. The zero-order valence-electron chi connectivity index (χ0n) is 11.8. The molecule has 2 rings (SSSR count). The summed E-state index contributed by atoms with van der Waals surface area (Å²) >= 11 is 0. The van der Waals surface area contributed by atoms with E-state index >= 15 is 0 Å². The van der Waals surface area contributed by atoms with Crippen molar-refractivity contribution in [1.29, 1.82) is 0 Å². The van der Waals surface area contributed by atoms with Crippen molar-refractivity contribution in [3.8, 4) is 0 Å². The van der Waals surface area contributed by atoms with Crippen molar-refractivity contribution in [2.45, 2.75) is 18.6 Å². The van der Waals surface area contributed by atoms with Gasteiger partial charge in [-0.2, -0.15) is 8.78 Å². The number of aliphatic hydroxyl groups excluding tert-OH is 1. The summed E-state index contributed by atoms with van der Waals surface area (Å²) < 4.78 is 34.2. The molecule has 2 aromatic heterocycles. The predicted octanol–water partition coefficient (Wildman–Crippen LogP) is 0.881. The SMILES string of the molecule is COCC=Cc1ccc(C(F)(F)C(O)Cn2cnnn2)nc1. The number of pyridine rings is 1. The van der Waals surface area contributed by atoms with E-state index in [1.165, 1.54) is 18.3 Å². The van der Waals surface area contributed by atoms with E-state index in [-0.39, 0.29) is 0 Å². The minimum absolute atomic E-state index is 0.419. The molecule has 7 nitrogen and oxygen atoms in total. The average molecular weight is 311 g/mol. The highest BCUT2D eigenvalue weighted by molar-refractivity contribution is 5.48. The van der Waals surface area contributed by atoms with Gasteiger partial charge in [0.15, 0.2) is 0 Å². The molecule has 1 unspecified atom stereocenters. The van der Waals surface area contributed by atoms with Crippen LogP contribution in [0.2, 0.25) is 0 Å². The van der Waals surface area contributed by atoms with Gasteiger partial charge in [-0.3, -0.25) is 4.98 Å². The molecule has 0 saturated heterocycles. The normalized spacial score (nSPS) is 13.6. The molecule has 1 N–H and O–H groups in total. The lowest BCUT2D eigenvalue weighted by atomic mass is 10.1. The van der Waals surface area contributed by atoms with Crippen LogP contribution in [0.5, 0.6) is 0 Å². The summed E-state index contributed by atoms with van der Waals surface area (Å²) in [5.41, 5.74) is 0.142. The summed E-state index contributed by atoms with van der Waals surface area (Å²) in [6.45, 7) is -0.0141. The van der Waals surface area contributed by atoms with Crippen LogP contribution in [0.3, 0.4) is 0 Å². The van der Waals surface area contributed by atoms with Crippen molar-refractivity contribution >= 4 is 6.08 Å². The number of halogens is 2. The molecule has 1 atom stereocenters. The number of tetrazole rings is 1. The highest BCUT2D eigenvalue weighted by Gasteiger charge is 2.42. The summed E-state index contributed by atoms with van der Waals surface area (Å²) in [4.78, 5) is 3.72. The molecule has 0 aliphatic rings. The minimum Gasteiger partial charge on any atom is -0.384 e. The topological polar surface area (TPSA) is 86.0 Å². The number of aromatic nitrogens is 5. The lowest BCUT2D eigenvalue weighted by Gasteiger charge is -2.21. The third-order valence-electron chi connectivity index (χ3n) is 2.87. The van der Waals surface area contributed by atoms with Gasteiger partial charge in [-0.15, -0.1) is 5.10 Å². The van der Waals surface area contributed by atoms with Crippen LogP contribution in [0.15, 0.2) is 30.7 Å². The number of alkyl halides is 2. The summed E-state index contributed by atoms with van der Waals surface area (Å²) in [5, 5.41) is 19.8. The second-order valence-corrected chi connectivity index (χ2v) is 4.51. The lowest BCUT2D eigenvalue weighted by molar-refractivity contribution is -0.124. The third kappa shape index (κ3) is 3.89. The highest BCUT2D eigenvalue weighted by atomic mass is 19.3. The molecule has 0 bridgehead atoms. The standard InChI is InChI=1S/C13H15F2N5O2/c1-22-6-2-3-10-4-5-11(16-7-10)13(14,15)12(21)8-20-9-17-18-19-20/h2-5,7,9,12,21H,6,8H2,1H3. The number of nitrogens with zero attached hydrogens (tertiary/aromatic N) is 5. The molecule has 0 spiro atoms. The van der Waals surface area contributed by atoms with E-state index in [9.17, 15) is 13.9 Å². The van der Waals surface area contributed by atoms with Gasteiger partial charge >= 0.3 is 5.92 Å². The Morgan fingerprint density at radius 1 is 1.45 bits per heavy atom. The Morgan fingerprint density at radius 2 is 2.27 bits per heavy atom. The fourth-order valence-corrected chi connectivity index (χ4v) is 1.71. The maximum atomic E-state index is 14.1. The van der Waals surface area contributed by atoms with Gasteiger partial charge in [-0.25, -0.2) is 4.68 Å². The van der Waals surface area contributed by atoms with Gasteiger partial charge in [0.25, 0.3) is 0 Å². The van der Waals surface area contributed by atoms with Crippen LogP contribution in [0, 0.1) is 0 Å². The molecular formula is C13H15F2N5O2. The van der Waals surface area contributed by atoms with Crippen molar-refractivity contribution < 1.29 is 18.6 Å². The van der Waals surface area contributed by atoms with Crippen LogP contribution in [-0.4, -0.2) is 50.1 Å². The molecule has 0 saturated carbocycles. The van der Waals surface area contributed by atoms with Crippen LogP contribution < -0.4 is 0 Å². The third-order valence-corrected chi connectivity index (χ3v) is 2.87. The first kappa shape index (κ1) is 16.1. The monoisotopic (exact) mass is 311 g/mol. The molecular weight excluding hydrogens is 296 g/mol. The summed E-state index contributed by atoms with van der Waals surface area (Å²) in [6, 6.07) is 2.67. The van der Waals surface area contributed by atoms with E-state index < -0.39 is 24.3 Å². The molecule has 0 aliphatic heterocycles. The van der Waals surface area contributed by atoms with E-state index in [4.69, 9.17) is 4.74 Å². The number of hydrogen-bond acceptors (Lipinski definition) is 6. The molecule has 2 aromatic rings. The Hall–Kier alpha value is -2.26. The quantitative estimate of drug-likeness (QED) is 0.817. The molecule has 0 aromatic carbocycles. The van der Waals surface area contributed by atoms with E-state index in [1.54, 1.807) is 19.3 Å². The second-order valence-electron chi connectivity index (χ2n) is 4.51. The van der Waals surface area contributed by atoms with Gasteiger partial charge < -0.3 is 9.84 Å². The van der Waals surface area contributed by atoms with E-state index in [1.807, 2.05) is 0 Å². The fraction of sp³-hybridized carbons (Fsp3) is 0.385. The van der Waals surface area contributed by atoms with Crippen molar-refractivity contribution in [3.63, 3.8) is 0 Å². The number of aliphatic hydroxyl groups is 1. The first-order valence-corrected chi connectivity index (χ1v) is 6.42. The van der Waals surface area contributed by atoms with Gasteiger partial charge in [-0.05, 0) is 22.1 Å². The van der Waals surface area contributed by atoms with Crippen molar-refractivity contribution in [3.05, 3.63) is 42.0 Å². The first-order valence-electron chi connectivity index (χ1n) is 6.42. The molecule has 0 aliphatic carbocycles. The number of hydrogen-bond donors (Lipinski definition) is 1. The molecule has 118 valence electrons. The maximum absolute atomic E-state index is 14.1. The maximum Gasteiger partial charge on any atom is 0.316 e. The van der Waals surface area contributed by atoms with Gasteiger partial charge in [-0.1, -0.05) is 18.2 Å². The molecule has 0 radical (unpaired) electrons. The predicted molar refractivity (Wildman–Crippen MR) is 72.9 cm³/mol. The first-order chi connectivity index (χ1) is 10.5. The minimum atomic E-state index is -3.51. The second kappa shape index (κ2) is 7.14. The zero-order chi connectivity index (χ0) is 16.0. The molecule has 9 heteroatoms. The van der Waals surface area contributed by atoms with Crippen molar-refractivity contribution in [1.82, 2.24) is 25.2 Å². The van der Waals surface area contributed by atoms with Crippen LogP contribution in [0.1, 0.15) is 11.3 Å². The molecule has 2 heterocycles. The number of ether oxygens (including phenoxy) is 1. The highest BCUT2D eigenvalue weighted by Crippen LogP contribution is 2.31. The van der Waals surface area contributed by atoms with Crippen molar-refractivity contribution in [2.24, 2.45) is 0 Å². The molecule has 0 amide bonds. The summed E-state index contributed by atoms with van der Waals surface area (Å²) in [7, 11) is 1.55. The van der Waals surface area contributed by atoms with Crippen LogP contribution >= 0.6 is 0 Å². The molecule has 22 heavy (non-hydrogen) atoms. The molecule has 0 fully saturated rings. The smallest absolute Gasteiger partial charge is 0.316 e. The van der Waals surface area contributed by atoms with Crippen LogP contribution in [0.4, 0.5) is 8.78 Å². The van der Waals surface area contributed by atoms with Crippen molar-refractivity contribution in [2.75, 3.05) is 13.7 Å². The average Bonchev–Trinajstić information content (AvgIpc) is 3.01. The van der Waals surface area contributed by atoms with Gasteiger partial charge in [0, 0.05) is 13.3 Å². The largest absolute Gasteiger partial charge is 0.384 e.